The predicted molar refractivity (Wildman–Crippen MR) is 180 cm³/mol. The molecule has 9 heteroatoms. The van der Waals surface area contributed by atoms with E-state index >= 15 is 0 Å². The van der Waals surface area contributed by atoms with Crippen molar-refractivity contribution in [2.45, 2.75) is 63.4 Å². The van der Waals surface area contributed by atoms with Crippen LogP contribution in [0.3, 0.4) is 0 Å². The summed E-state index contributed by atoms with van der Waals surface area (Å²) in [7, 11) is -5.22. The van der Waals surface area contributed by atoms with Gasteiger partial charge in [0.05, 0.1) is 25.1 Å². The number of carbonyl (C=O) groups excluding carboxylic acids is 1. The van der Waals surface area contributed by atoms with Gasteiger partial charge in [0.2, 0.25) is 0 Å². The molecule has 7 nitrogen and oxygen atoms in total. The number of carbonyl (C=O) groups is 1. The van der Waals surface area contributed by atoms with Crippen molar-refractivity contribution in [3.05, 3.63) is 83.4 Å². The van der Waals surface area contributed by atoms with E-state index in [-0.39, 0.29) is 23.0 Å². The van der Waals surface area contributed by atoms with Gasteiger partial charge in [-0.2, -0.15) is 0 Å². The van der Waals surface area contributed by atoms with Gasteiger partial charge in [0, 0.05) is 24.0 Å². The number of anilines is 1. The van der Waals surface area contributed by atoms with E-state index in [1.807, 2.05) is 42.5 Å². The van der Waals surface area contributed by atoms with Gasteiger partial charge in [0.15, 0.2) is 9.84 Å². The molecule has 1 unspecified atom stereocenters. The Morgan fingerprint density at radius 3 is 2.32 bits per heavy atom. The van der Waals surface area contributed by atoms with E-state index in [4.69, 9.17) is 9.47 Å². The van der Waals surface area contributed by atoms with Crippen LogP contribution in [0.4, 0.5) is 5.69 Å². The molecule has 0 radical (unpaired) electrons. The Kier molecular flexibility index (Phi) is 12.8. The second-order valence-electron chi connectivity index (χ2n) is 11.2. The maximum atomic E-state index is 13.3. The lowest BCUT2D eigenvalue weighted by molar-refractivity contribution is -0.112. The highest BCUT2D eigenvalue weighted by Crippen LogP contribution is 2.32. The lowest BCUT2D eigenvalue weighted by atomic mass is 10.0. The number of benzene rings is 3. The first-order chi connectivity index (χ1) is 21.3. The monoisotopic (exact) mass is 637 g/mol. The molecular weight excluding hydrogens is 593 g/mol. The number of fused-ring (bicyclic) bond motifs is 1. The molecule has 1 atom stereocenters. The number of nitrogens with one attached hydrogen (secondary N) is 1. The van der Waals surface area contributed by atoms with Gasteiger partial charge >= 0.3 is 0 Å². The SMILES string of the molecule is CCCCC[PH](=O)Cc1ccc(NC(=O)C2=Cc3cc(-c4ccc(OCCOCCCC)cc4)ccc3S(=O)(=O)CC2)cc1. The third kappa shape index (κ3) is 9.91. The molecule has 4 rings (SSSR count). The van der Waals surface area contributed by atoms with Crippen LogP contribution < -0.4 is 10.1 Å². The molecule has 1 aliphatic heterocycles. The molecule has 0 saturated heterocycles. The van der Waals surface area contributed by atoms with Crippen LogP contribution in [0.2, 0.25) is 0 Å². The third-order valence-corrected chi connectivity index (χ3v) is 11.1. The first kappa shape index (κ1) is 33.7. The molecule has 1 amide bonds. The lowest BCUT2D eigenvalue weighted by Crippen LogP contribution is -2.16. The van der Waals surface area contributed by atoms with E-state index < -0.39 is 17.6 Å². The molecule has 1 aliphatic rings. The smallest absolute Gasteiger partial charge is 0.251 e. The Morgan fingerprint density at radius 1 is 0.864 bits per heavy atom. The maximum absolute atomic E-state index is 13.3. The van der Waals surface area contributed by atoms with Crippen LogP contribution in [0.25, 0.3) is 17.2 Å². The molecule has 0 aliphatic carbocycles. The summed E-state index contributed by atoms with van der Waals surface area (Å²) in [5, 5.41) is 2.91. The second-order valence-corrected chi connectivity index (χ2v) is 15.2. The Labute approximate surface area is 262 Å². The standard InChI is InChI=1S/C35H44NO6PS/c1-3-5-7-22-43(38)26-27-8-13-32(14-9-27)36-35(37)30-18-23-44(39,40)34-17-12-29(24-31(34)25-30)28-10-15-33(16-11-28)42-21-20-41-19-6-4-2/h8-17,24-25,43H,3-7,18-23,26H2,1-2H3,(H,36,37). The molecule has 44 heavy (non-hydrogen) atoms. The number of unbranched alkanes of at least 4 members (excludes halogenated alkanes) is 3. The molecule has 3 aromatic rings. The molecule has 1 N–H and O–H groups in total. The summed E-state index contributed by atoms with van der Waals surface area (Å²) in [5.74, 6) is 0.260. The van der Waals surface area contributed by atoms with Crippen LogP contribution >= 0.6 is 7.80 Å². The molecule has 0 spiro atoms. The maximum Gasteiger partial charge on any atom is 0.251 e. The molecular formula is C35H44NO6PS. The zero-order valence-corrected chi connectivity index (χ0v) is 27.6. The van der Waals surface area contributed by atoms with Gasteiger partial charge in [0.1, 0.15) is 12.4 Å². The zero-order chi connectivity index (χ0) is 31.4. The zero-order valence-electron chi connectivity index (χ0n) is 25.8. The molecule has 0 bridgehead atoms. The lowest BCUT2D eigenvalue weighted by Gasteiger charge is -2.10. The van der Waals surface area contributed by atoms with Crippen molar-refractivity contribution in [2.75, 3.05) is 37.1 Å². The minimum absolute atomic E-state index is 0.115. The number of rotatable bonds is 16. The number of hydrogen-bond acceptors (Lipinski definition) is 6. The van der Waals surface area contributed by atoms with E-state index in [1.54, 1.807) is 30.3 Å². The normalized spacial score (nSPS) is 14.6. The summed E-state index contributed by atoms with van der Waals surface area (Å²) < 4.78 is 49.9. The van der Waals surface area contributed by atoms with E-state index in [9.17, 15) is 17.8 Å². The summed E-state index contributed by atoms with van der Waals surface area (Å²) in [6.07, 6.45) is 8.48. The molecule has 1 heterocycles. The van der Waals surface area contributed by atoms with Crippen LogP contribution in [0.15, 0.2) is 77.2 Å². The highest BCUT2D eigenvalue weighted by molar-refractivity contribution is 7.91. The summed E-state index contributed by atoms with van der Waals surface area (Å²) >= 11 is 0. The van der Waals surface area contributed by atoms with Crippen molar-refractivity contribution in [3.63, 3.8) is 0 Å². The summed E-state index contributed by atoms with van der Waals surface area (Å²) in [4.78, 5) is 13.5. The van der Waals surface area contributed by atoms with Crippen LogP contribution in [0.1, 0.15) is 63.5 Å². The average Bonchev–Trinajstić information content (AvgIpc) is 3.15. The number of hydrogen-bond donors (Lipinski definition) is 1. The van der Waals surface area contributed by atoms with Gasteiger partial charge in [-0.15, -0.1) is 0 Å². The molecule has 0 aromatic heterocycles. The first-order valence-corrected chi connectivity index (χ1v) is 19.1. The van der Waals surface area contributed by atoms with Crippen LogP contribution in [0, 0.1) is 0 Å². The van der Waals surface area contributed by atoms with E-state index in [2.05, 4.69) is 19.2 Å². The number of sulfone groups is 1. The second kappa shape index (κ2) is 16.8. The highest BCUT2D eigenvalue weighted by Gasteiger charge is 2.25. The fraction of sp³-hybridized carbons (Fsp3) is 0.400. The minimum Gasteiger partial charge on any atom is -0.491 e. The van der Waals surface area contributed by atoms with Gasteiger partial charge in [-0.25, -0.2) is 8.42 Å². The van der Waals surface area contributed by atoms with Crippen molar-refractivity contribution >= 4 is 35.3 Å². The van der Waals surface area contributed by atoms with Crippen LogP contribution in [-0.2, 0) is 30.1 Å². The Balaban J connectivity index is 1.43. The number of amides is 1. The van der Waals surface area contributed by atoms with E-state index in [0.29, 0.717) is 36.2 Å². The van der Waals surface area contributed by atoms with Crippen LogP contribution in [-0.4, -0.2) is 46.1 Å². The largest absolute Gasteiger partial charge is 0.491 e. The Hall–Kier alpha value is -3.19. The molecule has 0 fully saturated rings. The van der Waals surface area contributed by atoms with Crippen LogP contribution in [0.5, 0.6) is 5.75 Å². The Morgan fingerprint density at radius 2 is 1.59 bits per heavy atom. The topological polar surface area (TPSA) is 98.8 Å². The van der Waals surface area contributed by atoms with Gasteiger partial charge < -0.3 is 19.4 Å². The predicted octanol–water partition coefficient (Wildman–Crippen LogP) is 8.00. The summed E-state index contributed by atoms with van der Waals surface area (Å²) in [5.41, 5.74) is 4.25. The first-order valence-electron chi connectivity index (χ1n) is 15.6. The minimum atomic E-state index is -3.56. The van der Waals surface area contributed by atoms with Gasteiger partial charge in [-0.1, -0.05) is 63.4 Å². The fourth-order valence-electron chi connectivity index (χ4n) is 5.03. The fourth-order valence-corrected chi connectivity index (χ4v) is 8.01. The summed E-state index contributed by atoms with van der Waals surface area (Å²) in [6.45, 7) is 6.01. The van der Waals surface area contributed by atoms with E-state index in [1.165, 1.54) is 0 Å². The summed E-state index contributed by atoms with van der Waals surface area (Å²) in [6, 6.07) is 20.3. The van der Waals surface area contributed by atoms with Crippen molar-refractivity contribution in [3.8, 4) is 16.9 Å². The average molecular weight is 638 g/mol. The van der Waals surface area contributed by atoms with Gasteiger partial charge in [-0.05, 0) is 90.2 Å². The van der Waals surface area contributed by atoms with Gasteiger partial charge in [-0.3, -0.25) is 4.79 Å². The van der Waals surface area contributed by atoms with Crippen molar-refractivity contribution in [1.29, 1.82) is 0 Å². The third-order valence-electron chi connectivity index (χ3n) is 7.60. The quantitative estimate of drug-likeness (QED) is 0.126. The molecule has 3 aromatic carbocycles. The van der Waals surface area contributed by atoms with Crippen molar-refractivity contribution in [1.82, 2.24) is 0 Å². The molecule has 0 saturated carbocycles. The molecule has 236 valence electrons. The highest BCUT2D eigenvalue weighted by atomic mass is 32.2. The van der Waals surface area contributed by atoms with Gasteiger partial charge in [0.25, 0.3) is 5.91 Å². The van der Waals surface area contributed by atoms with E-state index in [0.717, 1.165) is 67.3 Å². The van der Waals surface area contributed by atoms with Crippen molar-refractivity contribution in [2.24, 2.45) is 0 Å². The Bertz CT molecular complexity index is 1550. The number of ether oxygens (including phenoxy) is 2. The van der Waals surface area contributed by atoms with Crippen molar-refractivity contribution < 1.29 is 27.3 Å².